The maximum absolute atomic E-state index is 11.9. The summed E-state index contributed by atoms with van der Waals surface area (Å²) in [6.45, 7) is 2.08. The predicted octanol–water partition coefficient (Wildman–Crippen LogP) is 2.55. The van der Waals surface area contributed by atoms with Crippen LogP contribution in [0, 0.1) is 0 Å². The molecule has 0 aliphatic heterocycles. The molecule has 0 aliphatic rings. The van der Waals surface area contributed by atoms with Crippen molar-refractivity contribution in [2.45, 2.75) is 26.2 Å². The van der Waals surface area contributed by atoms with Gasteiger partial charge in [0, 0.05) is 25.4 Å². The topological polar surface area (TPSA) is 46.9 Å². The Bertz CT molecular complexity index is 560. The molecule has 0 unspecified atom stereocenters. The molecule has 0 bridgehead atoms. The van der Waals surface area contributed by atoms with Crippen LogP contribution in [0.15, 0.2) is 36.7 Å². The van der Waals surface area contributed by atoms with Crippen molar-refractivity contribution >= 4 is 11.6 Å². The van der Waals surface area contributed by atoms with Gasteiger partial charge < -0.3 is 5.32 Å². The molecule has 100 valence electrons. The molecule has 1 N–H and O–H groups in total. The summed E-state index contributed by atoms with van der Waals surface area (Å²) in [6.07, 6.45) is 5.84. The minimum absolute atomic E-state index is 0.0461. The number of para-hydroxylation sites is 1. The first-order chi connectivity index (χ1) is 9.19. The number of rotatable bonds is 5. The van der Waals surface area contributed by atoms with E-state index in [0.29, 0.717) is 12.8 Å². The van der Waals surface area contributed by atoms with E-state index in [0.717, 1.165) is 23.2 Å². The molecule has 1 aromatic heterocycles. The van der Waals surface area contributed by atoms with Gasteiger partial charge in [0.05, 0.1) is 6.20 Å². The van der Waals surface area contributed by atoms with E-state index in [4.69, 9.17) is 0 Å². The van der Waals surface area contributed by atoms with Crippen LogP contribution in [0.4, 0.5) is 5.69 Å². The van der Waals surface area contributed by atoms with Crippen LogP contribution in [0.5, 0.6) is 0 Å². The number of carbonyl (C=O) groups is 1. The van der Waals surface area contributed by atoms with E-state index in [2.05, 4.69) is 17.3 Å². The van der Waals surface area contributed by atoms with Crippen molar-refractivity contribution in [2.75, 3.05) is 5.32 Å². The van der Waals surface area contributed by atoms with E-state index in [1.54, 1.807) is 10.9 Å². The second-order valence-electron chi connectivity index (χ2n) is 4.58. The van der Waals surface area contributed by atoms with Crippen LogP contribution in [0.25, 0.3) is 0 Å². The van der Waals surface area contributed by atoms with Crippen molar-refractivity contribution in [3.63, 3.8) is 0 Å². The lowest BCUT2D eigenvalue weighted by molar-refractivity contribution is -0.116. The Labute approximate surface area is 113 Å². The Morgan fingerprint density at radius 1 is 1.37 bits per heavy atom. The summed E-state index contributed by atoms with van der Waals surface area (Å²) in [6, 6.07) is 7.91. The zero-order valence-electron chi connectivity index (χ0n) is 11.4. The summed E-state index contributed by atoms with van der Waals surface area (Å²) >= 11 is 0. The first-order valence-electron chi connectivity index (χ1n) is 6.54. The molecule has 0 saturated heterocycles. The van der Waals surface area contributed by atoms with Crippen LogP contribution in [-0.4, -0.2) is 15.7 Å². The van der Waals surface area contributed by atoms with E-state index in [1.807, 2.05) is 37.5 Å². The van der Waals surface area contributed by atoms with Crippen LogP contribution in [-0.2, 0) is 24.7 Å². The number of anilines is 1. The fourth-order valence-electron chi connectivity index (χ4n) is 2.02. The maximum atomic E-state index is 11.9. The summed E-state index contributed by atoms with van der Waals surface area (Å²) in [5, 5.41) is 7.06. The van der Waals surface area contributed by atoms with Gasteiger partial charge in [0.25, 0.3) is 0 Å². The average Bonchev–Trinajstić information content (AvgIpc) is 2.83. The summed E-state index contributed by atoms with van der Waals surface area (Å²) in [5.74, 6) is 0.0461. The number of carbonyl (C=O) groups excluding carboxylic acids is 1. The summed E-state index contributed by atoms with van der Waals surface area (Å²) < 4.78 is 1.75. The molecule has 2 aromatic rings. The average molecular weight is 257 g/mol. The Morgan fingerprint density at radius 2 is 2.16 bits per heavy atom. The van der Waals surface area contributed by atoms with Gasteiger partial charge in [-0.05, 0) is 30.0 Å². The molecule has 4 heteroatoms. The number of nitrogens with one attached hydrogen (secondary N) is 1. The number of aryl methyl sites for hydroxylation is 3. The summed E-state index contributed by atoms with van der Waals surface area (Å²) in [4.78, 5) is 11.9. The van der Waals surface area contributed by atoms with E-state index < -0.39 is 0 Å². The van der Waals surface area contributed by atoms with Crippen molar-refractivity contribution < 1.29 is 4.79 Å². The highest BCUT2D eigenvalue weighted by Crippen LogP contribution is 2.15. The standard InChI is InChI=1S/C15H19N3O/c1-3-13-6-4-5-7-14(13)17-15(19)9-8-12-10-16-18(2)11-12/h4-7,10-11H,3,8-9H2,1-2H3,(H,17,19). The van der Waals surface area contributed by atoms with Gasteiger partial charge in [-0.3, -0.25) is 9.48 Å². The fourth-order valence-corrected chi connectivity index (χ4v) is 2.02. The Balaban J connectivity index is 1.90. The molecule has 4 nitrogen and oxygen atoms in total. The number of hydrogen-bond donors (Lipinski definition) is 1. The molecule has 1 amide bonds. The molecular weight excluding hydrogens is 238 g/mol. The molecule has 0 radical (unpaired) electrons. The predicted molar refractivity (Wildman–Crippen MR) is 76.0 cm³/mol. The molecule has 19 heavy (non-hydrogen) atoms. The van der Waals surface area contributed by atoms with Gasteiger partial charge in [-0.15, -0.1) is 0 Å². The van der Waals surface area contributed by atoms with Crippen molar-refractivity contribution in [2.24, 2.45) is 7.05 Å². The fraction of sp³-hybridized carbons (Fsp3) is 0.333. The van der Waals surface area contributed by atoms with E-state index in [-0.39, 0.29) is 5.91 Å². The molecule has 0 fully saturated rings. The van der Waals surface area contributed by atoms with Gasteiger partial charge >= 0.3 is 0 Å². The highest BCUT2D eigenvalue weighted by Gasteiger charge is 2.06. The molecular formula is C15H19N3O. The molecule has 1 aromatic carbocycles. The normalized spacial score (nSPS) is 10.4. The van der Waals surface area contributed by atoms with Gasteiger partial charge in [0.1, 0.15) is 0 Å². The monoisotopic (exact) mass is 257 g/mol. The quantitative estimate of drug-likeness (QED) is 0.894. The van der Waals surface area contributed by atoms with E-state index >= 15 is 0 Å². The second kappa shape index (κ2) is 6.18. The zero-order chi connectivity index (χ0) is 13.7. The first-order valence-corrected chi connectivity index (χ1v) is 6.54. The van der Waals surface area contributed by atoms with Crippen molar-refractivity contribution in [1.29, 1.82) is 0 Å². The Hall–Kier alpha value is -2.10. The minimum atomic E-state index is 0.0461. The molecule has 0 atom stereocenters. The maximum Gasteiger partial charge on any atom is 0.224 e. The third kappa shape index (κ3) is 3.68. The summed E-state index contributed by atoms with van der Waals surface area (Å²) in [7, 11) is 1.88. The third-order valence-electron chi connectivity index (χ3n) is 3.07. The number of amides is 1. The minimum Gasteiger partial charge on any atom is -0.326 e. The summed E-state index contributed by atoms with van der Waals surface area (Å²) in [5.41, 5.74) is 3.17. The number of aromatic nitrogens is 2. The lowest BCUT2D eigenvalue weighted by Crippen LogP contribution is -2.13. The SMILES string of the molecule is CCc1ccccc1NC(=O)CCc1cnn(C)c1. The van der Waals surface area contributed by atoms with Crippen molar-refractivity contribution in [3.8, 4) is 0 Å². The number of hydrogen-bond acceptors (Lipinski definition) is 2. The molecule has 1 heterocycles. The highest BCUT2D eigenvalue weighted by molar-refractivity contribution is 5.91. The molecule has 0 aliphatic carbocycles. The lowest BCUT2D eigenvalue weighted by Gasteiger charge is -2.09. The molecule has 0 spiro atoms. The van der Waals surface area contributed by atoms with Gasteiger partial charge in [0.2, 0.25) is 5.91 Å². The Morgan fingerprint density at radius 3 is 2.84 bits per heavy atom. The van der Waals surface area contributed by atoms with E-state index in [9.17, 15) is 4.79 Å². The van der Waals surface area contributed by atoms with Crippen LogP contribution in [0.1, 0.15) is 24.5 Å². The zero-order valence-corrected chi connectivity index (χ0v) is 11.4. The Kier molecular flexibility index (Phi) is 4.34. The van der Waals surface area contributed by atoms with Gasteiger partial charge in [-0.2, -0.15) is 5.10 Å². The lowest BCUT2D eigenvalue weighted by atomic mass is 10.1. The number of benzene rings is 1. The highest BCUT2D eigenvalue weighted by atomic mass is 16.1. The largest absolute Gasteiger partial charge is 0.326 e. The van der Waals surface area contributed by atoms with Gasteiger partial charge in [-0.25, -0.2) is 0 Å². The van der Waals surface area contributed by atoms with Crippen LogP contribution < -0.4 is 5.32 Å². The number of nitrogens with zero attached hydrogens (tertiary/aromatic N) is 2. The second-order valence-corrected chi connectivity index (χ2v) is 4.58. The van der Waals surface area contributed by atoms with Crippen LogP contribution >= 0.6 is 0 Å². The third-order valence-corrected chi connectivity index (χ3v) is 3.07. The van der Waals surface area contributed by atoms with Crippen LogP contribution in [0.3, 0.4) is 0 Å². The van der Waals surface area contributed by atoms with Gasteiger partial charge in [-0.1, -0.05) is 25.1 Å². The van der Waals surface area contributed by atoms with Gasteiger partial charge in [0.15, 0.2) is 0 Å². The molecule has 0 saturated carbocycles. The van der Waals surface area contributed by atoms with Crippen molar-refractivity contribution in [3.05, 3.63) is 47.8 Å². The first kappa shape index (κ1) is 13.3. The van der Waals surface area contributed by atoms with Crippen LogP contribution in [0.2, 0.25) is 0 Å². The molecule has 2 rings (SSSR count). The van der Waals surface area contributed by atoms with E-state index in [1.165, 1.54) is 0 Å². The smallest absolute Gasteiger partial charge is 0.224 e. The van der Waals surface area contributed by atoms with Crippen molar-refractivity contribution in [1.82, 2.24) is 9.78 Å².